The first-order chi connectivity index (χ1) is 16.4. The molecule has 0 saturated carbocycles. The van der Waals surface area contributed by atoms with Crippen molar-refractivity contribution in [3.8, 4) is 17.2 Å². The fraction of sp³-hybridized carbons (Fsp3) is 0.231. The van der Waals surface area contributed by atoms with Gasteiger partial charge in [0.25, 0.3) is 0 Å². The summed E-state index contributed by atoms with van der Waals surface area (Å²) in [5.41, 5.74) is 0.462. The standard InChI is InChI=1S/C26H26N2O6/c1-28-22-12-8-7-11-21(22)26(27-16-23(28)29,17-9-5-4-6-10-17)24(25(30)31)34-20-14-18(32-2)13-19(15-20)33-3/h4-15,24,27H,16H2,1-3H3,(H,30,31)/t24-,26+/m1/s1. The van der Waals surface area contributed by atoms with Crippen LogP contribution in [0.5, 0.6) is 17.2 Å². The van der Waals surface area contributed by atoms with Crippen molar-refractivity contribution >= 4 is 17.6 Å². The van der Waals surface area contributed by atoms with Crippen LogP contribution in [-0.4, -0.2) is 50.9 Å². The molecule has 0 aromatic heterocycles. The zero-order valence-corrected chi connectivity index (χ0v) is 19.1. The number of rotatable bonds is 7. The summed E-state index contributed by atoms with van der Waals surface area (Å²) in [4.78, 5) is 27.2. The van der Waals surface area contributed by atoms with Crippen molar-refractivity contribution in [1.82, 2.24) is 5.32 Å². The molecule has 8 heteroatoms. The fourth-order valence-corrected chi connectivity index (χ4v) is 4.32. The summed E-state index contributed by atoms with van der Waals surface area (Å²) in [5, 5.41) is 13.7. The second-order valence-electron chi connectivity index (χ2n) is 7.88. The number of nitrogens with zero attached hydrogens (tertiary/aromatic N) is 1. The van der Waals surface area contributed by atoms with Gasteiger partial charge in [-0.3, -0.25) is 10.1 Å². The Morgan fingerprint density at radius 2 is 1.56 bits per heavy atom. The van der Waals surface area contributed by atoms with Gasteiger partial charge in [-0.1, -0.05) is 48.5 Å². The molecule has 1 amide bonds. The van der Waals surface area contributed by atoms with Crippen LogP contribution in [0, 0.1) is 0 Å². The molecule has 4 rings (SSSR count). The molecule has 176 valence electrons. The number of nitrogens with one attached hydrogen (secondary N) is 1. The van der Waals surface area contributed by atoms with Crippen molar-refractivity contribution in [1.29, 1.82) is 0 Å². The lowest BCUT2D eigenvalue weighted by Gasteiger charge is -2.40. The van der Waals surface area contributed by atoms with Crippen LogP contribution in [0.1, 0.15) is 11.1 Å². The van der Waals surface area contributed by atoms with Crippen molar-refractivity contribution in [3.63, 3.8) is 0 Å². The third kappa shape index (κ3) is 4.04. The number of amides is 1. The molecule has 2 atom stereocenters. The van der Waals surface area contributed by atoms with E-state index >= 15 is 0 Å². The highest BCUT2D eigenvalue weighted by Gasteiger charge is 2.51. The van der Waals surface area contributed by atoms with Crippen LogP contribution in [0.15, 0.2) is 72.8 Å². The summed E-state index contributed by atoms with van der Waals surface area (Å²) in [7, 11) is 4.68. The van der Waals surface area contributed by atoms with Gasteiger partial charge in [-0.15, -0.1) is 0 Å². The lowest BCUT2D eigenvalue weighted by atomic mass is 9.77. The van der Waals surface area contributed by atoms with Crippen LogP contribution in [0.2, 0.25) is 0 Å². The van der Waals surface area contributed by atoms with Gasteiger partial charge in [0, 0.05) is 36.5 Å². The number of para-hydroxylation sites is 1. The minimum Gasteiger partial charge on any atom is -0.496 e. The minimum atomic E-state index is -1.45. The number of hydrogen-bond donors (Lipinski definition) is 2. The van der Waals surface area contributed by atoms with E-state index in [2.05, 4.69) is 5.32 Å². The number of anilines is 1. The summed E-state index contributed by atoms with van der Waals surface area (Å²) in [6, 6.07) is 21.2. The predicted molar refractivity (Wildman–Crippen MR) is 127 cm³/mol. The van der Waals surface area contributed by atoms with Crippen LogP contribution < -0.4 is 24.4 Å². The largest absolute Gasteiger partial charge is 0.496 e. The van der Waals surface area contributed by atoms with Crippen molar-refractivity contribution in [2.75, 3.05) is 32.7 Å². The molecule has 0 bridgehead atoms. The Labute approximate surface area is 197 Å². The van der Waals surface area contributed by atoms with Crippen LogP contribution in [0.4, 0.5) is 5.69 Å². The number of methoxy groups -OCH3 is 2. The summed E-state index contributed by atoms with van der Waals surface area (Å²) in [5.74, 6) is -0.239. The summed E-state index contributed by atoms with van der Waals surface area (Å²) in [6.45, 7) is -0.0886. The highest BCUT2D eigenvalue weighted by molar-refractivity contribution is 5.97. The third-order valence-electron chi connectivity index (χ3n) is 6.01. The Morgan fingerprint density at radius 1 is 0.971 bits per heavy atom. The number of carbonyl (C=O) groups is 2. The van der Waals surface area contributed by atoms with Gasteiger partial charge in [-0.25, -0.2) is 4.79 Å². The van der Waals surface area contributed by atoms with Crippen molar-refractivity contribution in [2.24, 2.45) is 0 Å². The van der Waals surface area contributed by atoms with E-state index < -0.39 is 17.6 Å². The van der Waals surface area contributed by atoms with Crippen LogP contribution in [0.3, 0.4) is 0 Å². The Hall–Kier alpha value is -4.04. The molecule has 2 N–H and O–H groups in total. The van der Waals surface area contributed by atoms with E-state index in [1.54, 1.807) is 31.3 Å². The van der Waals surface area contributed by atoms with E-state index in [4.69, 9.17) is 14.2 Å². The number of aliphatic carboxylic acids is 1. The number of benzene rings is 3. The molecule has 8 nitrogen and oxygen atoms in total. The second-order valence-corrected chi connectivity index (χ2v) is 7.88. The monoisotopic (exact) mass is 462 g/mol. The summed E-state index contributed by atoms with van der Waals surface area (Å²) in [6.07, 6.45) is -1.45. The molecule has 34 heavy (non-hydrogen) atoms. The van der Waals surface area contributed by atoms with Crippen molar-refractivity contribution < 1.29 is 28.9 Å². The third-order valence-corrected chi connectivity index (χ3v) is 6.01. The maximum Gasteiger partial charge on any atom is 0.347 e. The molecule has 0 unspecified atom stereocenters. The summed E-state index contributed by atoms with van der Waals surface area (Å²) < 4.78 is 16.8. The van der Waals surface area contributed by atoms with Gasteiger partial charge in [-0.2, -0.15) is 0 Å². The molecular formula is C26H26N2O6. The summed E-state index contributed by atoms with van der Waals surface area (Å²) >= 11 is 0. The van der Waals surface area contributed by atoms with Gasteiger partial charge < -0.3 is 24.2 Å². The minimum absolute atomic E-state index is 0.0886. The number of ether oxygens (including phenoxy) is 3. The van der Waals surface area contributed by atoms with E-state index in [0.717, 1.165) is 0 Å². The van der Waals surface area contributed by atoms with E-state index in [-0.39, 0.29) is 18.2 Å². The van der Waals surface area contributed by atoms with Gasteiger partial charge in [0.1, 0.15) is 22.8 Å². The van der Waals surface area contributed by atoms with E-state index in [9.17, 15) is 14.7 Å². The van der Waals surface area contributed by atoms with Gasteiger partial charge >= 0.3 is 5.97 Å². The fourth-order valence-electron chi connectivity index (χ4n) is 4.32. The Bertz CT molecular complexity index is 1180. The SMILES string of the molecule is COc1cc(OC)cc(O[C@H](C(=O)O)[C@@]2(c3ccccc3)NCC(=O)N(C)c3ccccc32)c1. The Balaban J connectivity index is 1.96. The number of likely N-dealkylation sites (N-methyl/N-ethyl adjacent to an activating group) is 1. The first-order valence-electron chi connectivity index (χ1n) is 10.7. The van der Waals surface area contributed by atoms with Crippen LogP contribution in [-0.2, 0) is 15.1 Å². The number of carbonyl (C=O) groups excluding carboxylic acids is 1. The number of hydrogen-bond acceptors (Lipinski definition) is 6. The topological polar surface area (TPSA) is 97.3 Å². The van der Waals surface area contributed by atoms with Gasteiger partial charge in [0.05, 0.1) is 20.8 Å². The average Bonchev–Trinajstić information content (AvgIpc) is 2.98. The average molecular weight is 463 g/mol. The first-order valence-corrected chi connectivity index (χ1v) is 10.7. The quantitative estimate of drug-likeness (QED) is 0.557. The van der Waals surface area contributed by atoms with E-state index in [0.29, 0.717) is 28.3 Å². The van der Waals surface area contributed by atoms with E-state index in [1.807, 2.05) is 48.5 Å². The first kappa shape index (κ1) is 23.1. The maximum atomic E-state index is 12.9. The molecule has 0 spiro atoms. The Kier molecular flexibility index (Phi) is 6.43. The lowest BCUT2D eigenvalue weighted by molar-refractivity contribution is -0.149. The normalized spacial score (nSPS) is 18.4. The second kappa shape index (κ2) is 9.44. The number of carboxylic acid groups (broad SMARTS) is 1. The van der Waals surface area contributed by atoms with Crippen molar-refractivity contribution in [2.45, 2.75) is 11.6 Å². The van der Waals surface area contributed by atoms with E-state index in [1.165, 1.54) is 19.1 Å². The molecule has 3 aromatic rings. The van der Waals surface area contributed by atoms with Crippen LogP contribution >= 0.6 is 0 Å². The maximum absolute atomic E-state index is 12.9. The van der Waals surface area contributed by atoms with Crippen molar-refractivity contribution in [3.05, 3.63) is 83.9 Å². The Morgan fingerprint density at radius 3 is 2.18 bits per heavy atom. The molecule has 0 aliphatic carbocycles. The van der Waals surface area contributed by atoms with Gasteiger partial charge in [0.15, 0.2) is 0 Å². The van der Waals surface area contributed by atoms with Gasteiger partial charge in [0.2, 0.25) is 12.0 Å². The van der Waals surface area contributed by atoms with Crippen LogP contribution in [0.25, 0.3) is 0 Å². The smallest absolute Gasteiger partial charge is 0.347 e. The molecule has 0 fully saturated rings. The highest BCUT2D eigenvalue weighted by Crippen LogP contribution is 2.42. The number of fused-ring (bicyclic) bond motifs is 1. The molecular weight excluding hydrogens is 436 g/mol. The molecule has 0 saturated heterocycles. The lowest BCUT2D eigenvalue weighted by Crippen LogP contribution is -2.58. The molecule has 3 aromatic carbocycles. The highest BCUT2D eigenvalue weighted by atomic mass is 16.5. The predicted octanol–water partition coefficient (Wildman–Crippen LogP) is 3.05. The molecule has 0 radical (unpaired) electrons. The molecule has 1 aliphatic rings. The molecule has 1 aliphatic heterocycles. The van der Waals surface area contributed by atoms with Gasteiger partial charge in [-0.05, 0) is 11.6 Å². The molecule has 1 heterocycles. The zero-order chi connectivity index (χ0) is 24.3. The number of carboxylic acids is 1. The zero-order valence-electron chi connectivity index (χ0n) is 19.1.